The fourth-order valence-corrected chi connectivity index (χ4v) is 2.16. The van der Waals surface area contributed by atoms with E-state index in [1.54, 1.807) is 0 Å². The van der Waals surface area contributed by atoms with E-state index >= 15 is 0 Å². The standard InChI is InChI=1S/C15H23N3O3/c1-2-21-14-5-3-4-13(12-14)17-15(19)16-6-7-18-8-10-20-11-9-18/h3-5,12H,2,6-11H2,1H3,(H2,16,17,19). The average Bonchev–Trinajstić information content (AvgIpc) is 2.49. The van der Waals surface area contributed by atoms with E-state index in [9.17, 15) is 4.79 Å². The average molecular weight is 293 g/mol. The molecule has 6 heteroatoms. The number of nitrogens with one attached hydrogen (secondary N) is 2. The van der Waals surface area contributed by atoms with Crippen LogP contribution >= 0.6 is 0 Å². The zero-order chi connectivity index (χ0) is 14.9. The zero-order valence-corrected chi connectivity index (χ0v) is 12.4. The molecule has 2 amide bonds. The van der Waals surface area contributed by atoms with Gasteiger partial charge < -0.3 is 20.1 Å². The monoisotopic (exact) mass is 293 g/mol. The molecule has 1 saturated heterocycles. The van der Waals surface area contributed by atoms with Gasteiger partial charge >= 0.3 is 6.03 Å². The van der Waals surface area contributed by atoms with E-state index in [0.717, 1.165) is 44.3 Å². The summed E-state index contributed by atoms with van der Waals surface area (Å²) in [6, 6.07) is 7.17. The molecule has 116 valence electrons. The number of hydrogen-bond acceptors (Lipinski definition) is 4. The van der Waals surface area contributed by atoms with Crippen molar-refractivity contribution in [2.45, 2.75) is 6.92 Å². The third-order valence-corrected chi connectivity index (χ3v) is 3.22. The van der Waals surface area contributed by atoms with E-state index < -0.39 is 0 Å². The Balaban J connectivity index is 1.70. The van der Waals surface area contributed by atoms with Crippen LogP contribution < -0.4 is 15.4 Å². The third-order valence-electron chi connectivity index (χ3n) is 3.22. The number of ether oxygens (including phenoxy) is 2. The summed E-state index contributed by atoms with van der Waals surface area (Å²) in [4.78, 5) is 14.1. The number of hydrogen-bond donors (Lipinski definition) is 2. The number of benzene rings is 1. The highest BCUT2D eigenvalue weighted by molar-refractivity contribution is 5.89. The molecule has 1 aromatic carbocycles. The van der Waals surface area contributed by atoms with E-state index in [-0.39, 0.29) is 6.03 Å². The van der Waals surface area contributed by atoms with Gasteiger partial charge in [-0.1, -0.05) is 6.07 Å². The summed E-state index contributed by atoms with van der Waals surface area (Å²) in [5.41, 5.74) is 0.727. The fourth-order valence-electron chi connectivity index (χ4n) is 2.16. The van der Waals surface area contributed by atoms with Crippen molar-refractivity contribution in [1.29, 1.82) is 0 Å². The molecule has 0 radical (unpaired) electrons. The first-order chi connectivity index (χ1) is 10.3. The van der Waals surface area contributed by atoms with Gasteiger partial charge in [-0.3, -0.25) is 4.90 Å². The number of carbonyl (C=O) groups excluding carboxylic acids is 1. The van der Waals surface area contributed by atoms with Crippen LogP contribution in [-0.2, 0) is 4.74 Å². The first-order valence-electron chi connectivity index (χ1n) is 7.35. The van der Waals surface area contributed by atoms with Gasteiger partial charge in [0.2, 0.25) is 0 Å². The second kappa shape index (κ2) is 8.49. The van der Waals surface area contributed by atoms with Crippen LogP contribution in [0.1, 0.15) is 6.92 Å². The van der Waals surface area contributed by atoms with Gasteiger partial charge in [0.05, 0.1) is 19.8 Å². The zero-order valence-electron chi connectivity index (χ0n) is 12.4. The summed E-state index contributed by atoms with van der Waals surface area (Å²) in [7, 11) is 0. The van der Waals surface area contributed by atoms with Gasteiger partial charge in [-0.15, -0.1) is 0 Å². The Morgan fingerprint density at radius 2 is 2.19 bits per heavy atom. The summed E-state index contributed by atoms with van der Waals surface area (Å²) in [5, 5.41) is 5.66. The van der Waals surface area contributed by atoms with Gasteiger partial charge in [0.1, 0.15) is 5.75 Å². The third kappa shape index (κ3) is 5.61. The lowest BCUT2D eigenvalue weighted by atomic mass is 10.3. The first-order valence-corrected chi connectivity index (χ1v) is 7.35. The maximum Gasteiger partial charge on any atom is 0.319 e. The van der Waals surface area contributed by atoms with Crippen LogP contribution in [0.2, 0.25) is 0 Å². The van der Waals surface area contributed by atoms with Crippen LogP contribution in [0.15, 0.2) is 24.3 Å². The molecule has 0 atom stereocenters. The summed E-state index contributed by atoms with van der Waals surface area (Å²) < 4.78 is 10.7. The van der Waals surface area contributed by atoms with Crippen molar-refractivity contribution in [3.63, 3.8) is 0 Å². The molecule has 2 rings (SSSR count). The molecule has 0 saturated carbocycles. The van der Waals surface area contributed by atoms with Crippen LogP contribution in [0.25, 0.3) is 0 Å². The molecule has 6 nitrogen and oxygen atoms in total. The van der Waals surface area contributed by atoms with Crippen molar-refractivity contribution >= 4 is 11.7 Å². The fraction of sp³-hybridized carbons (Fsp3) is 0.533. The molecular weight excluding hydrogens is 270 g/mol. The predicted molar refractivity (Wildman–Crippen MR) is 81.9 cm³/mol. The van der Waals surface area contributed by atoms with E-state index in [0.29, 0.717) is 13.2 Å². The topological polar surface area (TPSA) is 62.8 Å². The maximum absolute atomic E-state index is 11.8. The van der Waals surface area contributed by atoms with Crippen LogP contribution in [0, 0.1) is 0 Å². The largest absolute Gasteiger partial charge is 0.494 e. The molecular formula is C15H23N3O3. The van der Waals surface area contributed by atoms with Gasteiger partial charge in [-0.2, -0.15) is 0 Å². The van der Waals surface area contributed by atoms with Gasteiger partial charge in [-0.25, -0.2) is 4.79 Å². The van der Waals surface area contributed by atoms with Crippen LogP contribution in [-0.4, -0.2) is 56.9 Å². The normalized spacial score (nSPS) is 15.5. The highest BCUT2D eigenvalue weighted by Crippen LogP contribution is 2.16. The number of urea groups is 1. The van der Waals surface area contributed by atoms with Crippen molar-refractivity contribution < 1.29 is 14.3 Å². The van der Waals surface area contributed by atoms with Gasteiger partial charge in [0.25, 0.3) is 0 Å². The first kappa shape index (κ1) is 15.6. The van der Waals surface area contributed by atoms with Crippen molar-refractivity contribution in [2.24, 2.45) is 0 Å². The molecule has 21 heavy (non-hydrogen) atoms. The SMILES string of the molecule is CCOc1cccc(NC(=O)NCCN2CCOCC2)c1. The lowest BCUT2D eigenvalue weighted by Gasteiger charge is -2.26. The summed E-state index contributed by atoms with van der Waals surface area (Å²) >= 11 is 0. The minimum atomic E-state index is -0.197. The second-order valence-corrected chi connectivity index (χ2v) is 4.80. The summed E-state index contributed by atoms with van der Waals surface area (Å²) in [5.74, 6) is 0.753. The van der Waals surface area contributed by atoms with Crippen LogP contribution in [0.3, 0.4) is 0 Å². The Morgan fingerprint density at radius 3 is 2.95 bits per heavy atom. The van der Waals surface area contributed by atoms with Crippen molar-refractivity contribution in [3.8, 4) is 5.75 Å². The quantitative estimate of drug-likeness (QED) is 0.835. The molecule has 1 heterocycles. The molecule has 1 aliphatic heterocycles. The highest BCUT2D eigenvalue weighted by Gasteiger charge is 2.10. The lowest BCUT2D eigenvalue weighted by Crippen LogP contribution is -2.42. The Kier molecular flexibility index (Phi) is 6.30. The van der Waals surface area contributed by atoms with E-state index in [2.05, 4.69) is 15.5 Å². The molecule has 1 aromatic rings. The molecule has 0 spiro atoms. The number of nitrogens with zero attached hydrogens (tertiary/aromatic N) is 1. The Hall–Kier alpha value is -1.79. The molecule has 1 aliphatic rings. The maximum atomic E-state index is 11.8. The molecule has 2 N–H and O–H groups in total. The van der Waals surface area contributed by atoms with Gasteiger partial charge in [0.15, 0.2) is 0 Å². The highest BCUT2D eigenvalue weighted by atomic mass is 16.5. The number of carbonyl (C=O) groups is 1. The lowest BCUT2D eigenvalue weighted by molar-refractivity contribution is 0.0388. The number of rotatable bonds is 6. The molecule has 0 bridgehead atoms. The smallest absolute Gasteiger partial charge is 0.319 e. The van der Waals surface area contributed by atoms with Gasteiger partial charge in [0, 0.05) is 37.9 Å². The van der Waals surface area contributed by atoms with Crippen LogP contribution in [0.5, 0.6) is 5.75 Å². The number of anilines is 1. The van der Waals surface area contributed by atoms with Crippen molar-refractivity contribution in [1.82, 2.24) is 10.2 Å². The van der Waals surface area contributed by atoms with Crippen molar-refractivity contribution in [3.05, 3.63) is 24.3 Å². The molecule has 0 aliphatic carbocycles. The van der Waals surface area contributed by atoms with Crippen LogP contribution in [0.4, 0.5) is 10.5 Å². The van der Waals surface area contributed by atoms with Gasteiger partial charge in [-0.05, 0) is 19.1 Å². The Labute approximate surface area is 125 Å². The minimum absolute atomic E-state index is 0.197. The van der Waals surface area contributed by atoms with E-state index in [1.165, 1.54) is 0 Å². The van der Waals surface area contributed by atoms with E-state index in [1.807, 2.05) is 31.2 Å². The Morgan fingerprint density at radius 1 is 1.38 bits per heavy atom. The number of morpholine rings is 1. The number of amides is 2. The molecule has 0 aromatic heterocycles. The predicted octanol–water partition coefficient (Wildman–Crippen LogP) is 1.54. The van der Waals surface area contributed by atoms with Crippen molar-refractivity contribution in [2.75, 3.05) is 51.3 Å². The summed E-state index contributed by atoms with van der Waals surface area (Å²) in [6.07, 6.45) is 0. The molecule has 0 unspecified atom stereocenters. The second-order valence-electron chi connectivity index (χ2n) is 4.80. The Bertz CT molecular complexity index is 448. The van der Waals surface area contributed by atoms with E-state index in [4.69, 9.17) is 9.47 Å². The minimum Gasteiger partial charge on any atom is -0.494 e. The summed E-state index contributed by atoms with van der Waals surface area (Å²) in [6.45, 7) is 7.41. The molecule has 1 fully saturated rings.